The molecule has 0 aliphatic heterocycles. The van der Waals surface area contributed by atoms with E-state index >= 15 is 0 Å². The maximum atomic E-state index is 13.3. The minimum absolute atomic E-state index is 0.117. The van der Waals surface area contributed by atoms with Gasteiger partial charge in [0.2, 0.25) is 11.0 Å². The van der Waals surface area contributed by atoms with Crippen molar-refractivity contribution in [2.24, 2.45) is 5.92 Å². The summed E-state index contributed by atoms with van der Waals surface area (Å²) in [6.45, 7) is 3.71. The van der Waals surface area contributed by atoms with Gasteiger partial charge in [0, 0.05) is 5.75 Å². The van der Waals surface area contributed by atoms with E-state index in [9.17, 15) is 17.6 Å². The van der Waals surface area contributed by atoms with Gasteiger partial charge in [0.1, 0.15) is 12.4 Å². The number of nitrogens with one attached hydrogen (secondary N) is 1. The van der Waals surface area contributed by atoms with Crippen molar-refractivity contribution in [3.8, 4) is 0 Å². The Morgan fingerprint density at radius 2 is 1.81 bits per heavy atom. The van der Waals surface area contributed by atoms with Gasteiger partial charge in [-0.1, -0.05) is 55.1 Å². The first kappa shape index (κ1) is 23.2. The first-order chi connectivity index (χ1) is 14.8. The van der Waals surface area contributed by atoms with Gasteiger partial charge in [-0.25, -0.2) is 12.8 Å². The Hall–Kier alpha value is -2.50. The number of halogens is 1. The molecule has 0 spiro atoms. The highest BCUT2D eigenvalue weighted by Gasteiger charge is 2.27. The van der Waals surface area contributed by atoms with Crippen LogP contribution in [0, 0.1) is 11.7 Å². The molecule has 0 aliphatic rings. The predicted molar refractivity (Wildman–Crippen MR) is 121 cm³/mol. The van der Waals surface area contributed by atoms with E-state index in [0.29, 0.717) is 16.7 Å². The topological polar surface area (TPSA) is 92.3 Å². The van der Waals surface area contributed by atoms with Gasteiger partial charge in [0.15, 0.2) is 4.34 Å². The summed E-state index contributed by atoms with van der Waals surface area (Å²) in [5, 5.41) is 10.9. The van der Waals surface area contributed by atoms with Crippen LogP contribution in [0.3, 0.4) is 0 Å². The number of hydrogen-bond donors (Lipinski definition) is 1. The molecule has 0 radical (unpaired) electrons. The third-order valence-electron chi connectivity index (χ3n) is 3.93. The number of anilines is 2. The molecule has 1 heterocycles. The Labute approximate surface area is 188 Å². The Morgan fingerprint density at radius 3 is 2.45 bits per heavy atom. The third kappa shape index (κ3) is 6.25. The van der Waals surface area contributed by atoms with Gasteiger partial charge in [-0.3, -0.25) is 14.4 Å². The molecule has 0 aliphatic carbocycles. The van der Waals surface area contributed by atoms with Crippen LogP contribution < -0.4 is 9.62 Å². The lowest BCUT2D eigenvalue weighted by molar-refractivity contribution is -0.114. The van der Waals surface area contributed by atoms with Crippen molar-refractivity contribution < 1.29 is 17.6 Å². The van der Waals surface area contributed by atoms with E-state index in [0.717, 1.165) is 26.5 Å². The van der Waals surface area contributed by atoms with E-state index < -0.39 is 28.3 Å². The molecule has 7 nitrogen and oxygen atoms in total. The zero-order valence-corrected chi connectivity index (χ0v) is 19.3. The molecular weight excluding hydrogens is 459 g/mol. The van der Waals surface area contributed by atoms with E-state index in [1.165, 1.54) is 23.5 Å². The van der Waals surface area contributed by atoms with Crippen molar-refractivity contribution >= 4 is 49.8 Å². The van der Waals surface area contributed by atoms with Crippen molar-refractivity contribution in [1.82, 2.24) is 10.2 Å². The van der Waals surface area contributed by atoms with Crippen LogP contribution in [0.2, 0.25) is 0 Å². The van der Waals surface area contributed by atoms with Crippen LogP contribution in [-0.4, -0.2) is 36.8 Å². The predicted octanol–water partition coefficient (Wildman–Crippen LogP) is 4.26. The van der Waals surface area contributed by atoms with Crippen LogP contribution in [0.15, 0.2) is 63.8 Å². The molecule has 1 amide bonds. The number of hydrogen-bond acceptors (Lipinski definition) is 7. The molecule has 0 unspecified atom stereocenters. The summed E-state index contributed by atoms with van der Waals surface area (Å²) in [6, 6.07) is 12.7. The molecule has 164 valence electrons. The molecule has 0 bridgehead atoms. The molecular formula is C20H21FN4O3S3. The van der Waals surface area contributed by atoms with Gasteiger partial charge in [0.25, 0.3) is 10.0 Å². The standard InChI is InChI=1S/C20H21FN4O3S3/c1-14(2)13-29-20-24-23-19(30-20)22-18(26)12-25(16-6-4-3-5-7-16)31(27,28)17-10-8-15(21)9-11-17/h3-11,14H,12-13H2,1-2H3,(H,22,23,26). The molecule has 3 rings (SSSR count). The van der Waals surface area contributed by atoms with E-state index in [1.54, 1.807) is 42.1 Å². The van der Waals surface area contributed by atoms with E-state index in [-0.39, 0.29) is 4.90 Å². The largest absolute Gasteiger partial charge is 0.299 e. The van der Waals surface area contributed by atoms with Gasteiger partial charge in [-0.2, -0.15) is 0 Å². The minimum Gasteiger partial charge on any atom is -0.299 e. The number of amides is 1. The van der Waals surface area contributed by atoms with Crippen LogP contribution in [-0.2, 0) is 14.8 Å². The molecule has 2 aromatic carbocycles. The molecule has 31 heavy (non-hydrogen) atoms. The molecule has 0 atom stereocenters. The van der Waals surface area contributed by atoms with E-state index in [1.807, 2.05) is 0 Å². The second kappa shape index (κ2) is 10.2. The minimum atomic E-state index is -4.10. The number of carbonyl (C=O) groups is 1. The highest BCUT2D eigenvalue weighted by Crippen LogP contribution is 2.27. The van der Waals surface area contributed by atoms with Gasteiger partial charge >= 0.3 is 0 Å². The fourth-order valence-electron chi connectivity index (χ4n) is 2.49. The number of aromatic nitrogens is 2. The van der Waals surface area contributed by atoms with Crippen molar-refractivity contribution in [2.75, 3.05) is 21.9 Å². The number of sulfonamides is 1. The average molecular weight is 481 g/mol. The smallest absolute Gasteiger partial charge is 0.264 e. The maximum Gasteiger partial charge on any atom is 0.264 e. The molecule has 1 aromatic heterocycles. The van der Waals surface area contributed by atoms with Gasteiger partial charge in [-0.15, -0.1) is 10.2 Å². The average Bonchev–Trinajstić information content (AvgIpc) is 3.18. The first-order valence-corrected chi connectivity index (χ1v) is 12.6. The van der Waals surface area contributed by atoms with Crippen molar-refractivity contribution in [3.63, 3.8) is 0 Å². The molecule has 0 fully saturated rings. The van der Waals surface area contributed by atoms with Crippen LogP contribution in [0.25, 0.3) is 0 Å². The summed E-state index contributed by atoms with van der Waals surface area (Å²) in [7, 11) is -4.10. The summed E-state index contributed by atoms with van der Waals surface area (Å²) in [5.74, 6) is 0.250. The number of nitrogens with zero attached hydrogens (tertiary/aromatic N) is 3. The SMILES string of the molecule is CC(C)CSc1nnc(NC(=O)CN(c2ccccc2)S(=O)(=O)c2ccc(F)cc2)s1. The van der Waals surface area contributed by atoms with Crippen LogP contribution in [0.5, 0.6) is 0 Å². The lowest BCUT2D eigenvalue weighted by atomic mass is 10.3. The summed E-state index contributed by atoms with van der Waals surface area (Å²) in [5.41, 5.74) is 0.312. The molecule has 3 aromatic rings. The first-order valence-electron chi connectivity index (χ1n) is 9.35. The van der Waals surface area contributed by atoms with Crippen molar-refractivity contribution in [2.45, 2.75) is 23.1 Å². The number of rotatable bonds is 9. The molecule has 1 N–H and O–H groups in total. The quantitative estimate of drug-likeness (QED) is 0.363. The van der Waals surface area contributed by atoms with E-state index in [2.05, 4.69) is 29.4 Å². The van der Waals surface area contributed by atoms with Gasteiger partial charge in [-0.05, 0) is 42.3 Å². The maximum absolute atomic E-state index is 13.3. The fourth-order valence-corrected chi connectivity index (χ4v) is 5.65. The number of thioether (sulfide) groups is 1. The van der Waals surface area contributed by atoms with Crippen LogP contribution >= 0.6 is 23.1 Å². The van der Waals surface area contributed by atoms with Gasteiger partial charge in [0.05, 0.1) is 10.6 Å². The Kier molecular flexibility index (Phi) is 7.63. The second-order valence-electron chi connectivity index (χ2n) is 6.93. The monoisotopic (exact) mass is 480 g/mol. The number of carbonyl (C=O) groups excluding carboxylic acids is 1. The lowest BCUT2D eigenvalue weighted by Gasteiger charge is -2.23. The zero-order valence-electron chi connectivity index (χ0n) is 16.9. The van der Waals surface area contributed by atoms with Gasteiger partial charge < -0.3 is 0 Å². The Morgan fingerprint density at radius 1 is 1.13 bits per heavy atom. The zero-order chi connectivity index (χ0) is 22.4. The number of para-hydroxylation sites is 1. The fraction of sp³-hybridized carbons (Fsp3) is 0.250. The summed E-state index contributed by atoms with van der Waals surface area (Å²) < 4.78 is 41.3. The third-order valence-corrected chi connectivity index (χ3v) is 8.11. The Bertz CT molecular complexity index is 1120. The van der Waals surface area contributed by atoms with Crippen molar-refractivity contribution in [3.05, 3.63) is 60.4 Å². The summed E-state index contributed by atoms with van der Waals surface area (Å²) in [6.07, 6.45) is 0. The normalized spacial score (nSPS) is 11.5. The summed E-state index contributed by atoms with van der Waals surface area (Å²) in [4.78, 5) is 12.5. The lowest BCUT2D eigenvalue weighted by Crippen LogP contribution is -2.38. The van der Waals surface area contributed by atoms with Crippen LogP contribution in [0.4, 0.5) is 15.2 Å². The number of benzene rings is 2. The summed E-state index contributed by atoms with van der Waals surface area (Å²) >= 11 is 2.78. The Balaban J connectivity index is 1.79. The highest BCUT2D eigenvalue weighted by molar-refractivity contribution is 8.01. The molecule has 0 saturated carbocycles. The molecule has 11 heteroatoms. The highest BCUT2D eigenvalue weighted by atomic mass is 32.2. The van der Waals surface area contributed by atoms with E-state index in [4.69, 9.17) is 0 Å². The van der Waals surface area contributed by atoms with Crippen LogP contribution in [0.1, 0.15) is 13.8 Å². The molecule has 0 saturated heterocycles. The second-order valence-corrected chi connectivity index (χ2v) is 11.0. The van der Waals surface area contributed by atoms with Crippen molar-refractivity contribution in [1.29, 1.82) is 0 Å².